The molecule has 1 aromatic heterocycles. The number of aliphatic hydroxyl groups is 2. The van der Waals surface area contributed by atoms with Crippen LogP contribution < -0.4 is 9.47 Å². The molecule has 1 aromatic carbocycles. The Balaban J connectivity index is 2.00. The molecule has 1 aliphatic carbocycles. The maximum atomic E-state index is 13.2. The zero-order valence-corrected chi connectivity index (χ0v) is 22.3. The third-order valence-corrected chi connectivity index (χ3v) is 8.08. The Morgan fingerprint density at radius 2 is 2.03 bits per heavy atom. The fourth-order valence-electron chi connectivity index (χ4n) is 5.78. The number of rotatable bonds is 9. The fraction of sp³-hybridized carbons (Fsp3) is 0.393. The quantitative estimate of drug-likeness (QED) is 0.441. The summed E-state index contributed by atoms with van der Waals surface area (Å²) >= 11 is 3.49. The standard InChI is InChI=1S/C28H32BrFN2O4/c1-5-20(29)12-11-18(2)28-24(19-9-7-6-8-10-19)21(17-32(3)14-13-30)26(33)27(28,34)25-22(35-4)15-31-16-23(25)36-28/h5-12,15-16,21,24,26,33-34H,2,13-14,17H2,1,3-4H3/b12-11-,20-5+/t21-,24-,26-,27+,28+/m1/s1. The minimum atomic E-state index is -1.91. The Morgan fingerprint density at radius 1 is 1.31 bits per heavy atom. The molecule has 4 rings (SSSR count). The van der Waals surface area contributed by atoms with E-state index in [1.165, 1.54) is 19.5 Å². The van der Waals surface area contributed by atoms with Gasteiger partial charge in [0, 0.05) is 29.4 Å². The van der Waals surface area contributed by atoms with Crippen LogP contribution in [-0.4, -0.2) is 65.7 Å². The van der Waals surface area contributed by atoms with E-state index < -0.39 is 35.8 Å². The van der Waals surface area contributed by atoms with Crippen LogP contribution in [0.25, 0.3) is 0 Å². The maximum Gasteiger partial charge on any atom is 0.176 e. The average molecular weight is 559 g/mol. The van der Waals surface area contributed by atoms with Gasteiger partial charge in [-0.15, -0.1) is 0 Å². The van der Waals surface area contributed by atoms with Crippen molar-refractivity contribution in [1.29, 1.82) is 0 Å². The van der Waals surface area contributed by atoms with Crippen molar-refractivity contribution < 1.29 is 24.1 Å². The van der Waals surface area contributed by atoms with Crippen LogP contribution in [0.3, 0.4) is 0 Å². The average Bonchev–Trinajstić information content (AvgIpc) is 3.26. The molecule has 0 unspecified atom stereocenters. The molecule has 0 amide bonds. The first kappa shape index (κ1) is 26.5. The molecule has 0 spiro atoms. The van der Waals surface area contributed by atoms with E-state index in [0.29, 0.717) is 29.2 Å². The molecular weight excluding hydrogens is 527 g/mol. The first-order valence-corrected chi connectivity index (χ1v) is 12.7. The molecule has 36 heavy (non-hydrogen) atoms. The van der Waals surface area contributed by atoms with Crippen molar-refractivity contribution >= 4 is 15.9 Å². The molecule has 5 atom stereocenters. The summed E-state index contributed by atoms with van der Waals surface area (Å²) in [4.78, 5) is 6.04. The fourth-order valence-corrected chi connectivity index (χ4v) is 5.92. The van der Waals surface area contributed by atoms with E-state index in [0.717, 1.165) is 10.0 Å². The molecule has 1 fully saturated rings. The van der Waals surface area contributed by atoms with Crippen LogP contribution in [0, 0.1) is 5.92 Å². The third kappa shape index (κ3) is 4.00. The number of ether oxygens (including phenoxy) is 2. The van der Waals surface area contributed by atoms with Crippen LogP contribution in [0.4, 0.5) is 4.39 Å². The zero-order valence-electron chi connectivity index (χ0n) is 20.7. The second-order valence-corrected chi connectivity index (χ2v) is 10.2. The number of aromatic nitrogens is 1. The lowest BCUT2D eigenvalue weighted by Gasteiger charge is -2.41. The van der Waals surface area contributed by atoms with E-state index >= 15 is 0 Å². The van der Waals surface area contributed by atoms with Gasteiger partial charge in [-0.2, -0.15) is 0 Å². The lowest BCUT2D eigenvalue weighted by Crippen LogP contribution is -2.55. The van der Waals surface area contributed by atoms with E-state index in [-0.39, 0.29) is 6.54 Å². The van der Waals surface area contributed by atoms with Gasteiger partial charge in [0.25, 0.3) is 0 Å². The zero-order chi connectivity index (χ0) is 26.1. The van der Waals surface area contributed by atoms with Crippen molar-refractivity contribution in [1.82, 2.24) is 9.88 Å². The van der Waals surface area contributed by atoms with Gasteiger partial charge in [0.05, 0.1) is 31.2 Å². The van der Waals surface area contributed by atoms with Crippen molar-refractivity contribution in [2.45, 2.75) is 30.1 Å². The van der Waals surface area contributed by atoms with Gasteiger partial charge < -0.3 is 24.6 Å². The minimum Gasteiger partial charge on any atom is -0.495 e. The highest BCUT2D eigenvalue weighted by molar-refractivity contribution is 9.11. The molecule has 0 radical (unpaired) electrons. The largest absolute Gasteiger partial charge is 0.495 e. The number of hydrogen-bond donors (Lipinski definition) is 2. The summed E-state index contributed by atoms with van der Waals surface area (Å²) in [6.07, 6.45) is 7.24. The van der Waals surface area contributed by atoms with Crippen molar-refractivity contribution in [3.8, 4) is 11.5 Å². The van der Waals surface area contributed by atoms with Crippen LogP contribution in [0.5, 0.6) is 11.5 Å². The lowest BCUT2D eigenvalue weighted by atomic mass is 9.70. The summed E-state index contributed by atoms with van der Waals surface area (Å²) in [6, 6.07) is 9.64. The number of halogens is 2. The lowest BCUT2D eigenvalue weighted by molar-refractivity contribution is -0.131. The Bertz CT molecular complexity index is 1170. The van der Waals surface area contributed by atoms with Gasteiger partial charge in [0.15, 0.2) is 11.2 Å². The van der Waals surface area contributed by atoms with Gasteiger partial charge >= 0.3 is 0 Å². The summed E-state index contributed by atoms with van der Waals surface area (Å²) in [5.41, 5.74) is -1.72. The minimum absolute atomic E-state index is 0.204. The summed E-state index contributed by atoms with van der Waals surface area (Å²) in [5, 5.41) is 24.6. The molecule has 2 N–H and O–H groups in total. The normalized spacial score (nSPS) is 29.3. The Hall–Kier alpha value is -2.52. The molecule has 0 saturated heterocycles. The Morgan fingerprint density at radius 3 is 2.67 bits per heavy atom. The van der Waals surface area contributed by atoms with Crippen LogP contribution in [-0.2, 0) is 5.60 Å². The van der Waals surface area contributed by atoms with Gasteiger partial charge in [-0.1, -0.05) is 65.0 Å². The number of nitrogens with zero attached hydrogens (tertiary/aromatic N) is 2. The van der Waals surface area contributed by atoms with Gasteiger partial charge in [-0.25, -0.2) is 4.39 Å². The number of alkyl halides is 1. The van der Waals surface area contributed by atoms with Crippen LogP contribution in [0.15, 0.2) is 77.6 Å². The Labute approximate surface area is 219 Å². The molecule has 1 saturated carbocycles. The molecule has 2 heterocycles. The SMILES string of the molecule is C=C(/C=C\C(Br)=C/C)[C@@]12Oc3cncc(OC)c3[C@]1(O)[C@H](O)[C@H](CN(C)CCF)[C@H]2c1ccccc1. The number of aliphatic hydroxyl groups excluding tert-OH is 1. The Kier molecular flexibility index (Phi) is 7.71. The molecule has 0 bridgehead atoms. The van der Waals surface area contributed by atoms with Crippen molar-refractivity contribution in [2.75, 3.05) is 33.9 Å². The maximum absolute atomic E-state index is 13.2. The second-order valence-electron chi connectivity index (χ2n) is 9.30. The summed E-state index contributed by atoms with van der Waals surface area (Å²) in [6.45, 7) is 6.27. The molecule has 8 heteroatoms. The first-order valence-electron chi connectivity index (χ1n) is 11.9. The number of pyridine rings is 1. The van der Waals surface area contributed by atoms with E-state index in [9.17, 15) is 14.6 Å². The predicted octanol–water partition coefficient (Wildman–Crippen LogP) is 4.50. The molecule has 2 aromatic rings. The second kappa shape index (κ2) is 10.5. The van der Waals surface area contributed by atoms with Crippen molar-refractivity contribution in [3.63, 3.8) is 0 Å². The topological polar surface area (TPSA) is 75.0 Å². The van der Waals surface area contributed by atoms with Gasteiger partial charge in [0.1, 0.15) is 18.2 Å². The van der Waals surface area contributed by atoms with E-state index in [1.54, 1.807) is 13.1 Å². The summed E-state index contributed by atoms with van der Waals surface area (Å²) < 4.78 is 26.3. The summed E-state index contributed by atoms with van der Waals surface area (Å²) in [7, 11) is 3.29. The molecule has 2 aliphatic rings. The van der Waals surface area contributed by atoms with E-state index in [2.05, 4.69) is 27.5 Å². The van der Waals surface area contributed by atoms with Gasteiger partial charge in [-0.05, 0) is 31.2 Å². The molecular formula is C28H32BrFN2O4. The first-order chi connectivity index (χ1) is 17.3. The molecule has 1 aliphatic heterocycles. The van der Waals surface area contributed by atoms with Gasteiger partial charge in [-0.3, -0.25) is 4.98 Å². The third-order valence-electron chi connectivity index (χ3n) is 7.36. The highest BCUT2D eigenvalue weighted by atomic mass is 79.9. The van der Waals surface area contributed by atoms with E-state index in [4.69, 9.17) is 9.47 Å². The molecule has 6 nitrogen and oxygen atoms in total. The highest BCUT2D eigenvalue weighted by Gasteiger charge is 2.76. The van der Waals surface area contributed by atoms with Crippen LogP contribution >= 0.6 is 15.9 Å². The predicted molar refractivity (Wildman–Crippen MR) is 141 cm³/mol. The number of hydrogen-bond acceptors (Lipinski definition) is 6. The van der Waals surface area contributed by atoms with Crippen LogP contribution in [0.2, 0.25) is 0 Å². The number of benzene rings is 1. The smallest absolute Gasteiger partial charge is 0.176 e. The number of methoxy groups -OCH3 is 1. The molecule has 192 valence electrons. The van der Waals surface area contributed by atoms with Crippen LogP contribution in [0.1, 0.15) is 24.0 Å². The highest BCUT2D eigenvalue weighted by Crippen LogP contribution is 2.67. The van der Waals surface area contributed by atoms with E-state index in [1.807, 2.05) is 54.3 Å². The van der Waals surface area contributed by atoms with Crippen molar-refractivity contribution in [2.24, 2.45) is 5.92 Å². The van der Waals surface area contributed by atoms with Gasteiger partial charge in [0.2, 0.25) is 0 Å². The summed E-state index contributed by atoms with van der Waals surface area (Å²) in [5.74, 6) is -0.409. The number of fused-ring (bicyclic) bond motifs is 3. The monoisotopic (exact) mass is 558 g/mol. The number of allylic oxidation sites excluding steroid dienone is 3. The van der Waals surface area contributed by atoms with Crippen molar-refractivity contribution in [3.05, 3.63) is 88.7 Å².